The van der Waals surface area contributed by atoms with Gasteiger partial charge in [0.05, 0.1) is 10.5 Å². The van der Waals surface area contributed by atoms with E-state index in [4.69, 9.17) is 0 Å². The number of sulfonamides is 1. The molecule has 5 nitrogen and oxygen atoms in total. The van der Waals surface area contributed by atoms with Crippen LogP contribution in [0.4, 0.5) is 5.69 Å². The number of carbonyl (C=O) groups is 1. The first-order chi connectivity index (χ1) is 12.4. The van der Waals surface area contributed by atoms with E-state index in [1.165, 1.54) is 0 Å². The first kappa shape index (κ1) is 19.1. The first-order valence-electron chi connectivity index (χ1n) is 8.54. The Morgan fingerprint density at radius 2 is 1.85 bits per heavy atom. The monoisotopic (exact) mass is 436 g/mol. The summed E-state index contributed by atoms with van der Waals surface area (Å²) in [5.74, 6) is 0.124. The summed E-state index contributed by atoms with van der Waals surface area (Å²) in [6.07, 6.45) is 1.95. The molecular formula is C19H21BrN2O3S. The molecular weight excluding hydrogens is 416 g/mol. The highest BCUT2D eigenvalue weighted by Crippen LogP contribution is 2.25. The highest BCUT2D eigenvalue weighted by atomic mass is 79.9. The van der Waals surface area contributed by atoms with Crippen molar-refractivity contribution in [1.82, 2.24) is 4.31 Å². The maximum Gasteiger partial charge on any atom is 0.256 e. The molecule has 1 atom stereocenters. The summed E-state index contributed by atoms with van der Waals surface area (Å²) in [6.45, 7) is 3.19. The summed E-state index contributed by atoms with van der Waals surface area (Å²) in [7, 11) is -3.49. The molecule has 0 aliphatic carbocycles. The van der Waals surface area contributed by atoms with Crippen LogP contribution in [0.1, 0.15) is 30.1 Å². The van der Waals surface area contributed by atoms with Gasteiger partial charge < -0.3 is 5.32 Å². The summed E-state index contributed by atoms with van der Waals surface area (Å²) in [5, 5.41) is 2.79. The van der Waals surface area contributed by atoms with Crippen LogP contribution in [0.15, 0.2) is 57.9 Å². The average Bonchev–Trinajstić information content (AvgIpc) is 2.62. The average molecular weight is 437 g/mol. The van der Waals surface area contributed by atoms with Crippen molar-refractivity contribution in [3.8, 4) is 0 Å². The molecule has 1 fully saturated rings. The van der Waals surface area contributed by atoms with E-state index in [0.29, 0.717) is 34.7 Å². The van der Waals surface area contributed by atoms with E-state index in [1.807, 2.05) is 6.07 Å². The number of amides is 1. The van der Waals surface area contributed by atoms with Crippen LogP contribution in [-0.2, 0) is 10.0 Å². The third-order valence-electron chi connectivity index (χ3n) is 4.49. The number of halogens is 1. The van der Waals surface area contributed by atoms with Gasteiger partial charge in [0.15, 0.2) is 0 Å². The van der Waals surface area contributed by atoms with Gasteiger partial charge in [-0.05, 0) is 71.1 Å². The fourth-order valence-electron chi connectivity index (χ4n) is 3.07. The Hall–Kier alpha value is -1.70. The zero-order valence-electron chi connectivity index (χ0n) is 14.5. The van der Waals surface area contributed by atoms with Gasteiger partial charge in [-0.2, -0.15) is 4.31 Å². The van der Waals surface area contributed by atoms with Crippen LogP contribution in [0, 0.1) is 5.92 Å². The van der Waals surface area contributed by atoms with Crippen molar-refractivity contribution >= 4 is 37.5 Å². The van der Waals surface area contributed by atoms with E-state index in [9.17, 15) is 13.2 Å². The van der Waals surface area contributed by atoms with Gasteiger partial charge >= 0.3 is 0 Å². The van der Waals surface area contributed by atoms with Gasteiger partial charge in [-0.3, -0.25) is 4.79 Å². The molecule has 2 aromatic rings. The third-order valence-corrected chi connectivity index (χ3v) is 7.06. The lowest BCUT2D eigenvalue weighted by Crippen LogP contribution is -2.39. The highest BCUT2D eigenvalue weighted by Gasteiger charge is 2.28. The van der Waals surface area contributed by atoms with Crippen molar-refractivity contribution in [2.75, 3.05) is 18.4 Å². The number of carbonyl (C=O) groups excluding carboxylic acids is 1. The second-order valence-electron chi connectivity index (χ2n) is 6.57. The van der Waals surface area contributed by atoms with E-state index in [0.717, 1.165) is 12.8 Å². The predicted molar refractivity (Wildman–Crippen MR) is 106 cm³/mol. The Labute approximate surface area is 162 Å². The molecule has 0 bridgehead atoms. The normalized spacial score (nSPS) is 18.5. The molecule has 3 rings (SSSR count). The molecule has 1 amide bonds. The molecule has 1 aliphatic rings. The molecule has 1 saturated heterocycles. The van der Waals surface area contributed by atoms with Crippen LogP contribution in [0.25, 0.3) is 0 Å². The van der Waals surface area contributed by atoms with Crippen molar-refractivity contribution in [2.24, 2.45) is 5.92 Å². The Kier molecular flexibility index (Phi) is 5.79. The molecule has 0 radical (unpaired) electrons. The molecule has 7 heteroatoms. The van der Waals surface area contributed by atoms with Gasteiger partial charge in [0.1, 0.15) is 0 Å². The maximum atomic E-state index is 12.8. The van der Waals surface area contributed by atoms with Gasteiger partial charge in [-0.15, -0.1) is 0 Å². The van der Waals surface area contributed by atoms with Crippen LogP contribution < -0.4 is 5.32 Å². The topological polar surface area (TPSA) is 66.5 Å². The second kappa shape index (κ2) is 7.90. The molecule has 26 heavy (non-hydrogen) atoms. The molecule has 0 aromatic heterocycles. The Bertz CT molecular complexity index is 897. The molecule has 0 saturated carbocycles. The minimum absolute atomic E-state index is 0.252. The summed E-state index contributed by atoms with van der Waals surface area (Å²) >= 11 is 3.35. The second-order valence-corrected chi connectivity index (χ2v) is 9.36. The number of anilines is 1. The minimum Gasteiger partial charge on any atom is -0.322 e. The van der Waals surface area contributed by atoms with Crippen molar-refractivity contribution in [2.45, 2.75) is 24.7 Å². The lowest BCUT2D eigenvalue weighted by molar-refractivity contribution is 0.102. The van der Waals surface area contributed by atoms with Gasteiger partial charge in [0.2, 0.25) is 10.0 Å². The SMILES string of the molecule is CC1CCCN(S(=O)(=O)c2ccc(NC(=O)c3ccccc3Br)cc2)C1. The molecule has 138 valence electrons. The number of hydrogen-bond acceptors (Lipinski definition) is 3. The summed E-state index contributed by atoms with van der Waals surface area (Å²) in [6, 6.07) is 13.5. The predicted octanol–water partition coefficient (Wildman–Crippen LogP) is 4.12. The number of nitrogens with one attached hydrogen (secondary N) is 1. The van der Waals surface area contributed by atoms with Crippen LogP contribution in [0.3, 0.4) is 0 Å². The van der Waals surface area contributed by atoms with Crippen molar-refractivity contribution < 1.29 is 13.2 Å². The van der Waals surface area contributed by atoms with Crippen molar-refractivity contribution in [1.29, 1.82) is 0 Å². The van der Waals surface area contributed by atoms with Crippen LogP contribution in [-0.4, -0.2) is 31.7 Å². The van der Waals surface area contributed by atoms with E-state index >= 15 is 0 Å². The van der Waals surface area contributed by atoms with Crippen molar-refractivity contribution in [3.63, 3.8) is 0 Å². The van der Waals surface area contributed by atoms with E-state index in [1.54, 1.807) is 46.8 Å². The number of piperidine rings is 1. The highest BCUT2D eigenvalue weighted by molar-refractivity contribution is 9.10. The smallest absolute Gasteiger partial charge is 0.256 e. The molecule has 0 spiro atoms. The number of benzene rings is 2. The quantitative estimate of drug-likeness (QED) is 0.783. The summed E-state index contributed by atoms with van der Waals surface area (Å²) in [4.78, 5) is 12.6. The fourth-order valence-corrected chi connectivity index (χ4v) is 5.13. The zero-order valence-corrected chi connectivity index (χ0v) is 16.9. The van der Waals surface area contributed by atoms with Crippen LogP contribution in [0.2, 0.25) is 0 Å². The number of hydrogen-bond donors (Lipinski definition) is 1. The molecule has 1 aliphatic heterocycles. The lowest BCUT2D eigenvalue weighted by atomic mass is 10.0. The van der Waals surface area contributed by atoms with Crippen LogP contribution >= 0.6 is 15.9 Å². The number of rotatable bonds is 4. The molecule has 2 aromatic carbocycles. The number of nitrogens with zero attached hydrogens (tertiary/aromatic N) is 1. The Balaban J connectivity index is 1.74. The first-order valence-corrected chi connectivity index (χ1v) is 10.8. The zero-order chi connectivity index (χ0) is 18.7. The Morgan fingerprint density at radius 1 is 1.15 bits per heavy atom. The lowest BCUT2D eigenvalue weighted by Gasteiger charge is -2.30. The molecule has 1 unspecified atom stereocenters. The fraction of sp³-hybridized carbons (Fsp3) is 0.316. The van der Waals surface area contributed by atoms with Crippen LogP contribution in [0.5, 0.6) is 0 Å². The van der Waals surface area contributed by atoms with E-state index in [2.05, 4.69) is 28.2 Å². The van der Waals surface area contributed by atoms with E-state index < -0.39 is 10.0 Å². The Morgan fingerprint density at radius 3 is 2.50 bits per heavy atom. The third kappa shape index (κ3) is 4.16. The largest absolute Gasteiger partial charge is 0.322 e. The molecule has 1 N–H and O–H groups in total. The van der Waals surface area contributed by atoms with Crippen molar-refractivity contribution in [3.05, 3.63) is 58.6 Å². The van der Waals surface area contributed by atoms with E-state index in [-0.39, 0.29) is 10.8 Å². The standard InChI is InChI=1S/C19H21BrN2O3S/c1-14-5-4-12-22(13-14)26(24,25)16-10-8-15(9-11-16)21-19(23)17-6-2-3-7-18(17)20/h2-3,6-11,14H,4-5,12-13H2,1H3,(H,21,23). The minimum atomic E-state index is -3.49. The summed E-state index contributed by atoms with van der Waals surface area (Å²) < 4.78 is 27.8. The van der Waals surface area contributed by atoms with Gasteiger partial charge in [0, 0.05) is 23.2 Å². The van der Waals surface area contributed by atoms with Gasteiger partial charge in [0.25, 0.3) is 5.91 Å². The molecule has 1 heterocycles. The summed E-state index contributed by atoms with van der Waals surface area (Å²) in [5.41, 5.74) is 1.07. The van der Waals surface area contributed by atoms with Gasteiger partial charge in [-0.25, -0.2) is 8.42 Å². The van der Waals surface area contributed by atoms with Gasteiger partial charge in [-0.1, -0.05) is 19.1 Å². The maximum absolute atomic E-state index is 12.8.